The number of nitrogens with one attached hydrogen (secondary N) is 2. The summed E-state index contributed by atoms with van der Waals surface area (Å²) in [7, 11) is 1.31. The Morgan fingerprint density at radius 1 is 1.17 bits per heavy atom. The fourth-order valence-corrected chi connectivity index (χ4v) is 2.35. The lowest BCUT2D eigenvalue weighted by atomic mass is 10.1. The van der Waals surface area contributed by atoms with Gasteiger partial charge in [0.2, 0.25) is 5.91 Å². The molecule has 2 amide bonds. The number of benzene rings is 1. The maximum atomic E-state index is 12.4. The minimum absolute atomic E-state index is 0.212. The summed E-state index contributed by atoms with van der Waals surface area (Å²) >= 11 is 0. The van der Waals surface area contributed by atoms with Crippen molar-refractivity contribution in [3.05, 3.63) is 29.8 Å². The van der Waals surface area contributed by atoms with Gasteiger partial charge in [-0.15, -0.1) is 0 Å². The Kier molecular flexibility index (Phi) is 8.54. The number of rotatable bonds is 9. The SMILES string of the molecule is CCCCCC[C@H](NC(=O)c1cccc(NC(C)=O)c1)C(=O)OC. The quantitative estimate of drug-likeness (QED) is 0.537. The Bertz CT molecular complexity index is 572. The molecule has 0 heterocycles. The van der Waals surface area contributed by atoms with E-state index >= 15 is 0 Å². The Labute approximate surface area is 143 Å². The fourth-order valence-electron chi connectivity index (χ4n) is 2.35. The highest BCUT2D eigenvalue weighted by Crippen LogP contribution is 2.12. The number of amides is 2. The Balaban J connectivity index is 2.72. The largest absolute Gasteiger partial charge is 0.467 e. The summed E-state index contributed by atoms with van der Waals surface area (Å²) in [5.74, 6) is -1.03. The lowest BCUT2D eigenvalue weighted by Crippen LogP contribution is -2.41. The van der Waals surface area contributed by atoms with E-state index in [0.717, 1.165) is 25.7 Å². The van der Waals surface area contributed by atoms with Crippen LogP contribution in [0, 0.1) is 0 Å². The third kappa shape index (κ3) is 6.81. The van der Waals surface area contributed by atoms with Gasteiger partial charge in [-0.1, -0.05) is 38.7 Å². The van der Waals surface area contributed by atoms with Crippen LogP contribution in [0.25, 0.3) is 0 Å². The molecule has 1 aromatic carbocycles. The van der Waals surface area contributed by atoms with Gasteiger partial charge in [0.15, 0.2) is 0 Å². The van der Waals surface area contributed by atoms with Crippen molar-refractivity contribution in [2.75, 3.05) is 12.4 Å². The second-order valence-electron chi connectivity index (χ2n) is 5.66. The molecular weight excluding hydrogens is 308 g/mol. The second-order valence-corrected chi connectivity index (χ2v) is 5.66. The van der Waals surface area contributed by atoms with Gasteiger partial charge in [0.1, 0.15) is 6.04 Å². The van der Waals surface area contributed by atoms with Crippen LogP contribution in [-0.4, -0.2) is 30.9 Å². The number of anilines is 1. The number of ether oxygens (including phenoxy) is 1. The van der Waals surface area contributed by atoms with Gasteiger partial charge in [-0.05, 0) is 24.6 Å². The van der Waals surface area contributed by atoms with E-state index in [9.17, 15) is 14.4 Å². The van der Waals surface area contributed by atoms with E-state index in [-0.39, 0.29) is 11.8 Å². The molecule has 0 aliphatic rings. The monoisotopic (exact) mass is 334 g/mol. The Morgan fingerprint density at radius 3 is 2.54 bits per heavy atom. The van der Waals surface area contributed by atoms with Crippen LogP contribution in [0.2, 0.25) is 0 Å². The molecule has 1 rings (SSSR count). The first-order valence-corrected chi connectivity index (χ1v) is 8.24. The third-order valence-corrected chi connectivity index (χ3v) is 3.58. The molecule has 0 radical (unpaired) electrons. The molecule has 0 fully saturated rings. The van der Waals surface area contributed by atoms with E-state index in [4.69, 9.17) is 4.74 Å². The normalized spacial score (nSPS) is 11.5. The summed E-state index contributed by atoms with van der Waals surface area (Å²) in [4.78, 5) is 35.3. The predicted octanol–water partition coefficient (Wildman–Crippen LogP) is 2.89. The van der Waals surface area contributed by atoms with Gasteiger partial charge in [0, 0.05) is 18.2 Å². The Morgan fingerprint density at radius 2 is 1.92 bits per heavy atom. The molecule has 0 aliphatic carbocycles. The van der Waals surface area contributed by atoms with E-state index < -0.39 is 12.0 Å². The molecule has 0 saturated heterocycles. The van der Waals surface area contributed by atoms with Gasteiger partial charge in [0.05, 0.1) is 7.11 Å². The molecule has 0 aromatic heterocycles. The minimum Gasteiger partial charge on any atom is -0.467 e. The van der Waals surface area contributed by atoms with Gasteiger partial charge < -0.3 is 15.4 Å². The molecule has 24 heavy (non-hydrogen) atoms. The molecule has 0 bridgehead atoms. The van der Waals surface area contributed by atoms with E-state index in [1.165, 1.54) is 14.0 Å². The zero-order chi connectivity index (χ0) is 17.9. The number of unbranched alkanes of at least 4 members (excludes halogenated alkanes) is 3. The Hall–Kier alpha value is -2.37. The van der Waals surface area contributed by atoms with Crippen molar-refractivity contribution in [1.29, 1.82) is 0 Å². The van der Waals surface area contributed by atoms with Crippen LogP contribution >= 0.6 is 0 Å². The highest BCUT2D eigenvalue weighted by molar-refractivity contribution is 5.98. The van der Waals surface area contributed by atoms with E-state index in [1.54, 1.807) is 24.3 Å². The third-order valence-electron chi connectivity index (χ3n) is 3.58. The summed E-state index contributed by atoms with van der Waals surface area (Å²) in [6, 6.07) is 5.91. The number of esters is 1. The van der Waals surface area contributed by atoms with Gasteiger partial charge in [0.25, 0.3) is 5.91 Å². The van der Waals surface area contributed by atoms with Crippen molar-refractivity contribution in [2.24, 2.45) is 0 Å². The van der Waals surface area contributed by atoms with Crippen molar-refractivity contribution < 1.29 is 19.1 Å². The molecule has 1 atom stereocenters. The van der Waals surface area contributed by atoms with Crippen molar-refractivity contribution >= 4 is 23.5 Å². The molecule has 0 saturated carbocycles. The molecule has 132 valence electrons. The average molecular weight is 334 g/mol. The molecule has 2 N–H and O–H groups in total. The summed E-state index contributed by atoms with van der Waals surface area (Å²) < 4.78 is 4.77. The van der Waals surface area contributed by atoms with Gasteiger partial charge in [-0.2, -0.15) is 0 Å². The second kappa shape index (κ2) is 10.4. The van der Waals surface area contributed by atoms with E-state index in [1.807, 2.05) is 0 Å². The highest BCUT2D eigenvalue weighted by atomic mass is 16.5. The highest BCUT2D eigenvalue weighted by Gasteiger charge is 2.21. The van der Waals surface area contributed by atoms with Crippen molar-refractivity contribution in [3.8, 4) is 0 Å². The van der Waals surface area contributed by atoms with E-state index in [0.29, 0.717) is 17.7 Å². The maximum Gasteiger partial charge on any atom is 0.328 e. The minimum atomic E-state index is -0.663. The summed E-state index contributed by atoms with van der Waals surface area (Å²) in [5.41, 5.74) is 0.913. The van der Waals surface area contributed by atoms with Crippen LogP contribution in [0.3, 0.4) is 0 Å². The molecule has 1 aromatic rings. The summed E-state index contributed by atoms with van der Waals surface area (Å²) in [6.45, 7) is 3.51. The lowest BCUT2D eigenvalue weighted by molar-refractivity contribution is -0.143. The van der Waals surface area contributed by atoms with E-state index in [2.05, 4.69) is 17.6 Å². The molecular formula is C18H26N2O4. The van der Waals surface area contributed by atoms with Crippen LogP contribution in [0.4, 0.5) is 5.69 Å². The zero-order valence-electron chi connectivity index (χ0n) is 14.6. The first-order valence-electron chi connectivity index (χ1n) is 8.24. The summed E-state index contributed by atoms with van der Waals surface area (Å²) in [5, 5.41) is 5.34. The molecule has 6 heteroatoms. The van der Waals surface area contributed by atoms with Crippen LogP contribution in [-0.2, 0) is 14.3 Å². The van der Waals surface area contributed by atoms with Crippen LogP contribution < -0.4 is 10.6 Å². The molecule has 0 spiro atoms. The van der Waals surface area contributed by atoms with Crippen molar-refractivity contribution in [2.45, 2.75) is 52.0 Å². The zero-order valence-corrected chi connectivity index (χ0v) is 14.6. The number of carbonyl (C=O) groups is 3. The average Bonchev–Trinajstić information content (AvgIpc) is 2.56. The number of carbonyl (C=O) groups excluding carboxylic acids is 3. The number of hydrogen-bond acceptors (Lipinski definition) is 4. The lowest BCUT2D eigenvalue weighted by Gasteiger charge is -2.16. The number of hydrogen-bond donors (Lipinski definition) is 2. The molecule has 0 aliphatic heterocycles. The van der Waals surface area contributed by atoms with Crippen LogP contribution in [0.15, 0.2) is 24.3 Å². The maximum absolute atomic E-state index is 12.4. The first kappa shape index (κ1) is 19.7. The topological polar surface area (TPSA) is 84.5 Å². The molecule has 0 unspecified atom stereocenters. The van der Waals surface area contributed by atoms with Gasteiger partial charge in [-0.25, -0.2) is 4.79 Å². The van der Waals surface area contributed by atoms with Crippen LogP contribution in [0.5, 0.6) is 0 Å². The standard InChI is InChI=1S/C18H26N2O4/c1-4-5-6-7-11-16(18(23)24-3)20-17(22)14-9-8-10-15(12-14)19-13(2)21/h8-10,12,16H,4-7,11H2,1-3H3,(H,19,21)(H,20,22)/t16-/m0/s1. The van der Waals surface area contributed by atoms with Crippen molar-refractivity contribution in [1.82, 2.24) is 5.32 Å². The smallest absolute Gasteiger partial charge is 0.328 e. The van der Waals surface area contributed by atoms with Crippen LogP contribution in [0.1, 0.15) is 56.3 Å². The number of methoxy groups -OCH3 is 1. The summed E-state index contributed by atoms with van der Waals surface area (Å²) in [6.07, 6.45) is 4.60. The van der Waals surface area contributed by atoms with Crippen molar-refractivity contribution in [3.63, 3.8) is 0 Å². The fraction of sp³-hybridized carbons (Fsp3) is 0.500. The van der Waals surface area contributed by atoms with Gasteiger partial charge >= 0.3 is 5.97 Å². The predicted molar refractivity (Wildman–Crippen MR) is 92.8 cm³/mol. The van der Waals surface area contributed by atoms with Gasteiger partial charge in [-0.3, -0.25) is 9.59 Å². The first-order chi connectivity index (χ1) is 11.5. The molecule has 6 nitrogen and oxygen atoms in total.